The van der Waals surface area contributed by atoms with Gasteiger partial charge in [-0.25, -0.2) is 0 Å². The van der Waals surface area contributed by atoms with E-state index in [1.165, 1.54) is 0 Å². The van der Waals surface area contributed by atoms with Crippen LogP contribution in [-0.4, -0.2) is 26.9 Å². The molecule has 0 bridgehead atoms. The molecule has 0 radical (unpaired) electrons. The van der Waals surface area contributed by atoms with Crippen LogP contribution in [0.3, 0.4) is 0 Å². The van der Waals surface area contributed by atoms with Gasteiger partial charge in [0.25, 0.3) is 10.1 Å². The number of rotatable bonds is 8. The topological polar surface area (TPSA) is 52.6 Å². The Labute approximate surface area is 191 Å². The highest BCUT2D eigenvalue weighted by molar-refractivity contribution is 7.86. The molecule has 1 aliphatic carbocycles. The van der Waals surface area contributed by atoms with Crippen LogP contribution in [0.4, 0.5) is 0 Å². The first kappa shape index (κ1) is 22.7. The molecule has 0 aliphatic heterocycles. The molecule has 32 heavy (non-hydrogen) atoms. The van der Waals surface area contributed by atoms with Crippen LogP contribution in [0, 0.1) is 0 Å². The minimum absolute atomic E-state index is 0.179. The maximum absolute atomic E-state index is 12.2. The Bertz CT molecular complexity index is 994. The summed E-state index contributed by atoms with van der Waals surface area (Å²) in [5.41, 5.74) is 1.22. The van der Waals surface area contributed by atoms with Crippen molar-refractivity contribution in [2.75, 3.05) is 12.9 Å². The van der Waals surface area contributed by atoms with Crippen molar-refractivity contribution in [1.82, 2.24) is 0 Å². The molecule has 1 aliphatic rings. The molecule has 168 valence electrons. The predicted octanol–water partition coefficient (Wildman–Crippen LogP) is 5.67. The van der Waals surface area contributed by atoms with E-state index in [1.807, 2.05) is 54.6 Å². The van der Waals surface area contributed by atoms with Gasteiger partial charge < -0.3 is 4.74 Å². The van der Waals surface area contributed by atoms with Crippen LogP contribution < -0.4 is 0 Å². The zero-order valence-electron chi connectivity index (χ0n) is 18.4. The first-order valence-electron chi connectivity index (χ1n) is 11.1. The second-order valence-electron chi connectivity index (χ2n) is 8.60. The molecular formula is C27H30O4S. The Balaban J connectivity index is 1.84. The highest BCUT2D eigenvalue weighted by Gasteiger charge is 2.43. The van der Waals surface area contributed by atoms with Crippen molar-refractivity contribution >= 4 is 10.1 Å². The fourth-order valence-electron chi connectivity index (χ4n) is 4.78. The molecule has 3 aromatic rings. The van der Waals surface area contributed by atoms with Gasteiger partial charge >= 0.3 is 0 Å². The number of hydrogen-bond donors (Lipinski definition) is 0. The summed E-state index contributed by atoms with van der Waals surface area (Å²) < 4.78 is 36.9. The van der Waals surface area contributed by atoms with Crippen LogP contribution in [0.2, 0.25) is 0 Å². The SMILES string of the molecule is CS(=O)(=O)OC1(COC(c2ccccc2)(c2ccccc2)c2ccccc2)CCCCC1. The average molecular weight is 451 g/mol. The molecule has 0 N–H and O–H groups in total. The average Bonchev–Trinajstić information content (AvgIpc) is 2.81. The number of ether oxygens (including phenoxy) is 1. The molecule has 0 atom stereocenters. The monoisotopic (exact) mass is 450 g/mol. The van der Waals surface area contributed by atoms with Gasteiger partial charge in [0, 0.05) is 0 Å². The Hall–Kier alpha value is -2.47. The lowest BCUT2D eigenvalue weighted by Crippen LogP contribution is -2.45. The van der Waals surface area contributed by atoms with Gasteiger partial charge in [-0.1, -0.05) is 110 Å². The first-order chi connectivity index (χ1) is 15.4. The third kappa shape index (κ3) is 4.96. The van der Waals surface area contributed by atoms with Gasteiger partial charge in [0.1, 0.15) is 11.2 Å². The summed E-state index contributed by atoms with van der Waals surface area (Å²) in [6.07, 6.45) is 5.38. The fraction of sp³-hybridized carbons (Fsp3) is 0.333. The van der Waals surface area contributed by atoms with Gasteiger partial charge in [0.2, 0.25) is 0 Å². The van der Waals surface area contributed by atoms with Gasteiger partial charge in [-0.15, -0.1) is 0 Å². The Morgan fingerprint density at radius 3 is 1.50 bits per heavy atom. The maximum atomic E-state index is 12.2. The predicted molar refractivity (Wildman–Crippen MR) is 127 cm³/mol. The van der Waals surface area contributed by atoms with Crippen LogP contribution in [0.1, 0.15) is 48.8 Å². The van der Waals surface area contributed by atoms with Crippen molar-refractivity contribution in [3.8, 4) is 0 Å². The normalized spacial score (nSPS) is 16.5. The van der Waals surface area contributed by atoms with Crippen molar-refractivity contribution in [1.29, 1.82) is 0 Å². The Morgan fingerprint density at radius 1 is 0.719 bits per heavy atom. The molecule has 0 saturated heterocycles. The summed E-state index contributed by atoms with van der Waals surface area (Å²) in [4.78, 5) is 0. The summed E-state index contributed by atoms with van der Waals surface area (Å²) in [6.45, 7) is 0.179. The van der Waals surface area contributed by atoms with Crippen LogP contribution in [-0.2, 0) is 24.6 Å². The van der Waals surface area contributed by atoms with E-state index in [1.54, 1.807) is 0 Å². The zero-order valence-corrected chi connectivity index (χ0v) is 19.3. The van der Waals surface area contributed by atoms with Crippen molar-refractivity contribution in [2.24, 2.45) is 0 Å². The molecule has 4 rings (SSSR count). The molecule has 0 spiro atoms. The molecule has 0 unspecified atom stereocenters. The molecule has 1 saturated carbocycles. The van der Waals surface area contributed by atoms with E-state index < -0.39 is 21.3 Å². The van der Waals surface area contributed by atoms with E-state index in [2.05, 4.69) is 36.4 Å². The van der Waals surface area contributed by atoms with E-state index in [4.69, 9.17) is 8.92 Å². The molecule has 0 amide bonds. The van der Waals surface area contributed by atoms with Crippen molar-refractivity contribution in [2.45, 2.75) is 43.3 Å². The maximum Gasteiger partial charge on any atom is 0.265 e. The standard InChI is InChI=1S/C27H30O4S/c1-32(28,29)31-26(20-12-5-13-21-26)22-30-27(23-14-6-2-7-15-23,24-16-8-3-9-17-24)25-18-10-4-11-19-25/h2-4,6-11,14-19H,5,12-13,20-22H2,1H3. The van der Waals surface area contributed by atoms with E-state index in [-0.39, 0.29) is 6.61 Å². The van der Waals surface area contributed by atoms with E-state index >= 15 is 0 Å². The van der Waals surface area contributed by atoms with Gasteiger partial charge in [0.05, 0.1) is 12.9 Å². The summed E-state index contributed by atoms with van der Waals surface area (Å²) in [7, 11) is -3.62. The second kappa shape index (κ2) is 9.57. The lowest BCUT2D eigenvalue weighted by molar-refractivity contribution is -0.0906. The summed E-state index contributed by atoms with van der Waals surface area (Å²) in [5.74, 6) is 0. The van der Waals surface area contributed by atoms with Gasteiger partial charge in [0.15, 0.2) is 0 Å². The summed E-state index contributed by atoms with van der Waals surface area (Å²) in [6, 6.07) is 30.3. The number of hydrogen-bond acceptors (Lipinski definition) is 4. The van der Waals surface area contributed by atoms with E-state index in [9.17, 15) is 8.42 Å². The van der Waals surface area contributed by atoms with Crippen molar-refractivity contribution < 1.29 is 17.3 Å². The second-order valence-corrected chi connectivity index (χ2v) is 10.2. The Morgan fingerprint density at radius 2 is 1.12 bits per heavy atom. The first-order valence-corrected chi connectivity index (χ1v) is 13.0. The van der Waals surface area contributed by atoms with Crippen LogP contribution in [0.5, 0.6) is 0 Å². The highest BCUT2D eigenvalue weighted by atomic mass is 32.2. The Kier molecular flexibility index (Phi) is 6.79. The lowest BCUT2D eigenvalue weighted by atomic mass is 9.79. The molecule has 4 nitrogen and oxygen atoms in total. The molecule has 0 aromatic heterocycles. The minimum Gasteiger partial charge on any atom is -0.358 e. The summed E-state index contributed by atoms with van der Waals surface area (Å²) in [5, 5.41) is 0. The van der Waals surface area contributed by atoms with Gasteiger partial charge in [-0.2, -0.15) is 8.42 Å². The largest absolute Gasteiger partial charge is 0.358 e. The van der Waals surface area contributed by atoms with Crippen LogP contribution >= 0.6 is 0 Å². The smallest absolute Gasteiger partial charge is 0.265 e. The lowest BCUT2D eigenvalue weighted by Gasteiger charge is -2.41. The third-order valence-corrected chi connectivity index (χ3v) is 6.84. The summed E-state index contributed by atoms with van der Waals surface area (Å²) >= 11 is 0. The fourth-order valence-corrected chi connectivity index (χ4v) is 5.63. The van der Waals surface area contributed by atoms with E-state index in [0.29, 0.717) is 12.8 Å². The number of benzene rings is 3. The van der Waals surface area contributed by atoms with Gasteiger partial charge in [-0.05, 0) is 29.5 Å². The minimum atomic E-state index is -3.62. The highest BCUT2D eigenvalue weighted by Crippen LogP contribution is 2.43. The van der Waals surface area contributed by atoms with Gasteiger partial charge in [-0.3, -0.25) is 4.18 Å². The van der Waals surface area contributed by atoms with Crippen LogP contribution in [0.25, 0.3) is 0 Å². The quantitative estimate of drug-likeness (QED) is 0.328. The van der Waals surface area contributed by atoms with Crippen molar-refractivity contribution in [3.63, 3.8) is 0 Å². The third-order valence-electron chi connectivity index (χ3n) is 6.19. The zero-order chi connectivity index (χ0) is 22.5. The van der Waals surface area contributed by atoms with E-state index in [0.717, 1.165) is 42.2 Å². The molecule has 1 fully saturated rings. The van der Waals surface area contributed by atoms with Crippen LogP contribution in [0.15, 0.2) is 91.0 Å². The molecule has 0 heterocycles. The molecule has 5 heteroatoms. The molecule has 3 aromatic carbocycles. The molecular weight excluding hydrogens is 420 g/mol. The van der Waals surface area contributed by atoms with Crippen molar-refractivity contribution in [3.05, 3.63) is 108 Å².